The number of primary amides is 1. The molecule has 0 radical (unpaired) electrons. The first-order chi connectivity index (χ1) is 10.4. The third-order valence-corrected chi connectivity index (χ3v) is 2.81. The maximum Gasteiger partial charge on any atom is 0.319 e. The van der Waals surface area contributed by atoms with Gasteiger partial charge in [0.25, 0.3) is 5.91 Å². The van der Waals surface area contributed by atoms with E-state index < -0.39 is 11.9 Å². The largest absolute Gasteiger partial charge is 0.493 e. The number of hydrogen-bond donors (Lipinski definition) is 2. The number of methoxy groups -OCH3 is 1. The van der Waals surface area contributed by atoms with Crippen molar-refractivity contribution in [3.05, 3.63) is 28.3 Å². The topological polar surface area (TPSA) is 114 Å². The SMILES string of the molecule is CCOc1cc(Cl)c(/C=C(/C#N)C(=O)NC(N)=O)cc1OC. The number of carbonyl (C=O) groups is 2. The minimum absolute atomic E-state index is 0.254. The third-order valence-electron chi connectivity index (χ3n) is 2.48. The van der Waals surface area contributed by atoms with Crippen molar-refractivity contribution in [2.45, 2.75) is 6.92 Å². The maximum atomic E-state index is 11.6. The van der Waals surface area contributed by atoms with E-state index in [-0.39, 0.29) is 10.6 Å². The molecule has 0 heterocycles. The predicted molar refractivity (Wildman–Crippen MR) is 80.5 cm³/mol. The number of carbonyl (C=O) groups excluding carboxylic acids is 2. The molecule has 0 aliphatic heterocycles. The Hall–Kier alpha value is -2.72. The van der Waals surface area contributed by atoms with Gasteiger partial charge in [-0.1, -0.05) is 11.6 Å². The zero-order valence-corrected chi connectivity index (χ0v) is 12.7. The molecule has 0 aromatic heterocycles. The molecule has 116 valence electrons. The number of nitriles is 1. The van der Waals surface area contributed by atoms with E-state index in [4.69, 9.17) is 32.1 Å². The summed E-state index contributed by atoms with van der Waals surface area (Å²) in [5.41, 5.74) is 4.87. The molecule has 0 fully saturated rings. The van der Waals surface area contributed by atoms with Crippen molar-refractivity contribution in [1.82, 2.24) is 5.32 Å². The number of nitrogens with one attached hydrogen (secondary N) is 1. The lowest BCUT2D eigenvalue weighted by Crippen LogP contribution is -2.35. The van der Waals surface area contributed by atoms with Gasteiger partial charge >= 0.3 is 6.03 Å². The van der Waals surface area contributed by atoms with Gasteiger partial charge in [-0.2, -0.15) is 5.26 Å². The van der Waals surface area contributed by atoms with Gasteiger partial charge in [0, 0.05) is 6.07 Å². The fourth-order valence-electron chi connectivity index (χ4n) is 1.57. The van der Waals surface area contributed by atoms with Crippen molar-refractivity contribution in [1.29, 1.82) is 5.26 Å². The van der Waals surface area contributed by atoms with Gasteiger partial charge in [-0.05, 0) is 24.6 Å². The summed E-state index contributed by atoms with van der Waals surface area (Å²) < 4.78 is 10.5. The first kappa shape index (κ1) is 17.3. The lowest BCUT2D eigenvalue weighted by Gasteiger charge is -2.11. The first-order valence-electron chi connectivity index (χ1n) is 6.15. The second kappa shape index (κ2) is 7.90. The number of ether oxygens (including phenoxy) is 2. The highest BCUT2D eigenvalue weighted by atomic mass is 35.5. The highest BCUT2D eigenvalue weighted by molar-refractivity contribution is 6.32. The summed E-state index contributed by atoms with van der Waals surface area (Å²) in [7, 11) is 1.45. The zero-order chi connectivity index (χ0) is 16.7. The Kier molecular flexibility index (Phi) is 6.23. The van der Waals surface area contributed by atoms with Crippen molar-refractivity contribution in [3.8, 4) is 17.6 Å². The Balaban J connectivity index is 3.25. The summed E-state index contributed by atoms with van der Waals surface area (Å²) in [5.74, 6) is -0.0868. The van der Waals surface area contributed by atoms with E-state index in [0.29, 0.717) is 23.7 Å². The molecule has 0 unspecified atom stereocenters. The fourth-order valence-corrected chi connectivity index (χ4v) is 1.78. The molecule has 1 rings (SSSR count). The van der Waals surface area contributed by atoms with Crippen molar-refractivity contribution >= 4 is 29.6 Å². The van der Waals surface area contributed by atoms with E-state index in [1.54, 1.807) is 11.4 Å². The molecule has 3 amide bonds. The molecule has 3 N–H and O–H groups in total. The monoisotopic (exact) mass is 323 g/mol. The Labute approximate surface area is 132 Å². The van der Waals surface area contributed by atoms with E-state index in [1.807, 2.05) is 6.92 Å². The number of nitrogens with two attached hydrogens (primary N) is 1. The molecule has 0 saturated carbocycles. The molecule has 0 aliphatic carbocycles. The van der Waals surface area contributed by atoms with Gasteiger partial charge < -0.3 is 15.2 Å². The van der Waals surface area contributed by atoms with Crippen LogP contribution in [0.15, 0.2) is 17.7 Å². The van der Waals surface area contributed by atoms with E-state index in [9.17, 15) is 9.59 Å². The normalized spacial score (nSPS) is 10.5. The molecule has 0 atom stereocenters. The summed E-state index contributed by atoms with van der Waals surface area (Å²) in [6.07, 6.45) is 1.22. The summed E-state index contributed by atoms with van der Waals surface area (Å²) in [4.78, 5) is 22.3. The van der Waals surface area contributed by atoms with Gasteiger partial charge in [-0.25, -0.2) is 4.79 Å². The second-order valence-electron chi connectivity index (χ2n) is 3.95. The van der Waals surface area contributed by atoms with Crippen LogP contribution in [0.3, 0.4) is 0 Å². The van der Waals surface area contributed by atoms with Gasteiger partial charge in [0.15, 0.2) is 11.5 Å². The van der Waals surface area contributed by atoms with E-state index in [0.717, 1.165) is 0 Å². The van der Waals surface area contributed by atoms with Crippen LogP contribution in [-0.2, 0) is 4.79 Å². The summed E-state index contributed by atoms with van der Waals surface area (Å²) >= 11 is 6.09. The molecule has 0 aliphatic rings. The molecule has 8 heteroatoms. The highest BCUT2D eigenvalue weighted by Gasteiger charge is 2.14. The van der Waals surface area contributed by atoms with Gasteiger partial charge in [0.2, 0.25) is 0 Å². The number of urea groups is 1. The van der Waals surface area contributed by atoms with Gasteiger partial charge in [-0.3, -0.25) is 10.1 Å². The Morgan fingerprint density at radius 1 is 1.45 bits per heavy atom. The van der Waals surface area contributed by atoms with Crippen LogP contribution in [-0.4, -0.2) is 25.7 Å². The number of benzene rings is 1. The quantitative estimate of drug-likeness (QED) is 0.634. The smallest absolute Gasteiger partial charge is 0.319 e. The van der Waals surface area contributed by atoms with Crippen molar-refractivity contribution in [3.63, 3.8) is 0 Å². The van der Waals surface area contributed by atoms with E-state index >= 15 is 0 Å². The fraction of sp³-hybridized carbons (Fsp3) is 0.214. The summed E-state index contributed by atoms with van der Waals surface area (Å²) in [6.45, 7) is 2.23. The number of halogens is 1. The van der Waals surface area contributed by atoms with E-state index in [1.165, 1.54) is 25.3 Å². The molecule has 0 spiro atoms. The maximum absolute atomic E-state index is 11.6. The third kappa shape index (κ3) is 4.40. The Morgan fingerprint density at radius 2 is 2.14 bits per heavy atom. The van der Waals surface area contributed by atoms with Crippen molar-refractivity contribution in [2.24, 2.45) is 5.73 Å². The summed E-state index contributed by atoms with van der Waals surface area (Å²) in [6, 6.07) is 3.64. The number of nitrogens with zero attached hydrogens (tertiary/aromatic N) is 1. The van der Waals surface area contributed by atoms with Crippen LogP contribution >= 0.6 is 11.6 Å². The highest BCUT2D eigenvalue weighted by Crippen LogP contribution is 2.34. The zero-order valence-electron chi connectivity index (χ0n) is 12.0. The van der Waals surface area contributed by atoms with Gasteiger partial charge in [0.05, 0.1) is 18.7 Å². The number of imide groups is 1. The molecule has 1 aromatic carbocycles. The van der Waals surface area contributed by atoms with Crippen LogP contribution in [0.2, 0.25) is 5.02 Å². The minimum atomic E-state index is -1.05. The second-order valence-corrected chi connectivity index (χ2v) is 4.35. The Bertz CT molecular complexity index is 665. The molecule has 7 nitrogen and oxygen atoms in total. The number of amides is 3. The summed E-state index contributed by atoms with van der Waals surface area (Å²) in [5, 5.41) is 11.1. The van der Waals surface area contributed by atoms with Crippen LogP contribution in [0.5, 0.6) is 11.5 Å². The minimum Gasteiger partial charge on any atom is -0.493 e. The first-order valence-corrected chi connectivity index (χ1v) is 6.53. The van der Waals surface area contributed by atoms with Crippen LogP contribution in [0.1, 0.15) is 12.5 Å². The van der Waals surface area contributed by atoms with Crippen LogP contribution < -0.4 is 20.5 Å². The van der Waals surface area contributed by atoms with Crippen molar-refractivity contribution < 1.29 is 19.1 Å². The van der Waals surface area contributed by atoms with Crippen LogP contribution in [0.25, 0.3) is 6.08 Å². The standard InChI is InChI=1S/C14H14ClN3O4/c1-3-22-12-6-10(15)8(5-11(12)21-2)4-9(7-16)13(19)18-14(17)20/h4-6H,3H2,1-2H3,(H3,17,18,19,20)/b9-4-. The predicted octanol–water partition coefficient (Wildman–Crippen LogP) is 1.85. The number of hydrogen-bond acceptors (Lipinski definition) is 5. The molecule has 1 aromatic rings. The molecule has 0 bridgehead atoms. The lowest BCUT2D eigenvalue weighted by atomic mass is 10.1. The van der Waals surface area contributed by atoms with E-state index in [2.05, 4.69) is 0 Å². The number of rotatable bonds is 5. The molecular weight excluding hydrogens is 310 g/mol. The van der Waals surface area contributed by atoms with Crippen LogP contribution in [0.4, 0.5) is 4.79 Å². The Morgan fingerprint density at radius 3 is 2.64 bits per heavy atom. The van der Waals surface area contributed by atoms with Gasteiger partial charge in [-0.15, -0.1) is 0 Å². The lowest BCUT2D eigenvalue weighted by molar-refractivity contribution is -0.115. The van der Waals surface area contributed by atoms with Gasteiger partial charge in [0.1, 0.15) is 11.6 Å². The van der Waals surface area contributed by atoms with Crippen molar-refractivity contribution in [2.75, 3.05) is 13.7 Å². The molecule has 0 saturated heterocycles. The average molecular weight is 324 g/mol. The molecular formula is C14H14ClN3O4. The van der Waals surface area contributed by atoms with Crippen LogP contribution in [0, 0.1) is 11.3 Å². The average Bonchev–Trinajstić information content (AvgIpc) is 2.46. The molecule has 22 heavy (non-hydrogen) atoms.